The van der Waals surface area contributed by atoms with Gasteiger partial charge in [-0.2, -0.15) is 0 Å². The Morgan fingerprint density at radius 1 is 0.455 bits per heavy atom. The number of carbonyl (C=O) groups is 4. The number of hydrogen-bond acceptors (Lipinski definition) is 4. The molecule has 0 aromatic carbocycles. The summed E-state index contributed by atoms with van der Waals surface area (Å²) >= 11 is 0. The standard InChI is InChI=1S/2C5H8O2.C4H6.C3H4.12CH4/c2*1-4(6)3-5(2)7;1-3-4-2;1-3-2;;;;;;;;;;;;/h2*3H2,1-2H3;1-2H3;1H,2H3;12*1H4. The van der Waals surface area contributed by atoms with Crippen LogP contribution in [0.4, 0.5) is 0 Å². The predicted molar refractivity (Wildman–Crippen MR) is 166 cm³/mol. The molecule has 0 aliphatic heterocycles. The zero-order valence-corrected chi connectivity index (χ0v) is 14.1. The van der Waals surface area contributed by atoms with E-state index in [2.05, 4.69) is 24.2 Å². The van der Waals surface area contributed by atoms with Gasteiger partial charge in [-0.1, -0.05) is 89.1 Å². The Morgan fingerprint density at radius 3 is 0.545 bits per heavy atom. The Hall–Kier alpha value is -2.20. The molecule has 0 rings (SSSR count). The highest BCUT2D eigenvalue weighted by Gasteiger charge is 1.95. The Balaban J connectivity index is -0.00000000767. The molecule has 0 saturated heterocycles. The highest BCUT2D eigenvalue weighted by molar-refractivity contribution is 5.97. The Labute approximate surface area is 217 Å². The van der Waals surface area contributed by atoms with Crippen LogP contribution in [0.15, 0.2) is 0 Å². The molecule has 214 valence electrons. The third kappa shape index (κ3) is 498. The van der Waals surface area contributed by atoms with Gasteiger partial charge in [0.15, 0.2) is 0 Å². The molecule has 0 amide bonds. The summed E-state index contributed by atoms with van der Waals surface area (Å²) < 4.78 is 0. The highest BCUT2D eigenvalue weighted by Crippen LogP contribution is 1.80. The quantitative estimate of drug-likeness (QED) is 0.292. The third-order valence-corrected chi connectivity index (χ3v) is 1.25. The fourth-order valence-electron chi connectivity index (χ4n) is 0.701. The van der Waals surface area contributed by atoms with E-state index < -0.39 is 0 Å². The fraction of sp³-hybridized carbons (Fsp3) is 0.724. The first-order chi connectivity index (χ1) is 9.58. The van der Waals surface area contributed by atoms with Crippen LogP contribution < -0.4 is 0 Å². The SMILES string of the molecule is C.C.C.C.C.C.C.C.C.C.C.C.C#CC.CC#CC.CC(=O)CC(C)=O.CC(=O)CC(C)=O. The van der Waals surface area contributed by atoms with E-state index in [9.17, 15) is 19.2 Å². The predicted octanol–water partition coefficient (Wildman–Crippen LogP) is 10.4. The first kappa shape index (κ1) is 125. The molecule has 0 fully saturated rings. The minimum atomic E-state index is -0.0625. The Morgan fingerprint density at radius 2 is 0.545 bits per heavy atom. The van der Waals surface area contributed by atoms with Crippen molar-refractivity contribution in [2.24, 2.45) is 0 Å². The molecular weight excluding hydrogens is 412 g/mol. The monoisotopic (exact) mass is 487 g/mol. The molecule has 0 atom stereocenters. The van der Waals surface area contributed by atoms with Crippen molar-refractivity contribution in [3.05, 3.63) is 0 Å². The maximum Gasteiger partial charge on any atom is 0.137 e. The van der Waals surface area contributed by atoms with Crippen LogP contribution in [0, 0.1) is 24.2 Å². The van der Waals surface area contributed by atoms with Crippen LogP contribution in [-0.4, -0.2) is 23.1 Å². The van der Waals surface area contributed by atoms with Crippen LogP contribution in [-0.2, 0) is 19.2 Å². The number of hydrogen-bond donors (Lipinski definition) is 0. The minimum absolute atomic E-state index is 0. The van der Waals surface area contributed by atoms with Crippen LogP contribution in [0.25, 0.3) is 0 Å². The van der Waals surface area contributed by atoms with E-state index in [0.717, 1.165) is 0 Å². The zero-order valence-electron chi connectivity index (χ0n) is 14.1. The second-order valence-electron chi connectivity index (χ2n) is 3.95. The molecule has 0 bridgehead atoms. The summed E-state index contributed by atoms with van der Waals surface area (Å²) in [6.45, 7) is 10.9. The molecule has 0 N–H and O–H groups in total. The molecule has 0 unspecified atom stereocenters. The Bertz CT molecular complexity index is 361. The summed E-state index contributed by atoms with van der Waals surface area (Å²) in [5.41, 5.74) is 0. The second-order valence-corrected chi connectivity index (χ2v) is 3.95. The van der Waals surface area contributed by atoms with Gasteiger partial charge in [-0.15, -0.1) is 24.2 Å². The van der Waals surface area contributed by atoms with Crippen molar-refractivity contribution >= 4 is 23.1 Å². The van der Waals surface area contributed by atoms with Crippen molar-refractivity contribution in [1.29, 1.82) is 0 Å². The lowest BCUT2D eigenvalue weighted by Gasteiger charge is -1.81. The molecule has 0 aromatic heterocycles. The summed E-state index contributed by atoms with van der Waals surface area (Å²) in [5.74, 6) is 7.36. The van der Waals surface area contributed by atoms with Gasteiger partial charge in [0.05, 0.1) is 12.8 Å². The fourth-order valence-corrected chi connectivity index (χ4v) is 0.701. The van der Waals surface area contributed by atoms with Crippen LogP contribution in [0.5, 0.6) is 0 Å². The molecule has 0 heterocycles. The van der Waals surface area contributed by atoms with E-state index in [1.165, 1.54) is 27.7 Å². The minimum Gasteiger partial charge on any atom is -0.300 e. The van der Waals surface area contributed by atoms with Gasteiger partial charge in [-0.3, -0.25) is 19.2 Å². The maximum atomic E-state index is 10.0. The summed E-state index contributed by atoms with van der Waals surface area (Å²) in [6.07, 6.45) is 4.76. The van der Waals surface area contributed by atoms with Gasteiger partial charge in [-0.05, 0) is 48.5 Å². The van der Waals surface area contributed by atoms with Crippen molar-refractivity contribution in [1.82, 2.24) is 0 Å². The largest absolute Gasteiger partial charge is 0.300 e. The van der Waals surface area contributed by atoms with Crippen molar-refractivity contribution in [2.75, 3.05) is 0 Å². The van der Waals surface area contributed by atoms with E-state index in [1.807, 2.05) is 13.8 Å². The summed E-state index contributed by atoms with van der Waals surface area (Å²) in [4.78, 5) is 40.1. The first-order valence-corrected chi connectivity index (χ1v) is 6.27. The van der Waals surface area contributed by atoms with Gasteiger partial charge in [0.1, 0.15) is 23.1 Å². The van der Waals surface area contributed by atoms with Crippen molar-refractivity contribution in [3.8, 4) is 24.2 Å². The lowest BCUT2D eigenvalue weighted by molar-refractivity contribution is -0.126. The highest BCUT2D eigenvalue weighted by atomic mass is 16.2. The van der Waals surface area contributed by atoms with Crippen molar-refractivity contribution in [2.45, 2.75) is 150 Å². The van der Waals surface area contributed by atoms with Gasteiger partial charge < -0.3 is 0 Å². The second kappa shape index (κ2) is 113. The average molecular weight is 487 g/mol. The van der Waals surface area contributed by atoms with E-state index in [4.69, 9.17) is 0 Å². The van der Waals surface area contributed by atoms with E-state index >= 15 is 0 Å². The van der Waals surface area contributed by atoms with Gasteiger partial charge in [0.2, 0.25) is 0 Å². The van der Waals surface area contributed by atoms with E-state index in [0.29, 0.717) is 0 Å². The van der Waals surface area contributed by atoms with Crippen LogP contribution >= 0.6 is 0 Å². The molecule has 33 heavy (non-hydrogen) atoms. The summed E-state index contributed by atoms with van der Waals surface area (Å²) in [7, 11) is 0. The Kier molecular flexibility index (Phi) is 427. The third-order valence-electron chi connectivity index (χ3n) is 1.25. The maximum absolute atomic E-state index is 10.0. The van der Waals surface area contributed by atoms with Crippen LogP contribution in [0.1, 0.15) is 150 Å². The first-order valence-electron chi connectivity index (χ1n) is 6.27. The molecule has 0 aliphatic carbocycles. The summed E-state index contributed by atoms with van der Waals surface area (Å²) in [6, 6.07) is 0. The molecule has 0 aromatic rings. The topological polar surface area (TPSA) is 68.3 Å². The van der Waals surface area contributed by atoms with Gasteiger partial charge in [0, 0.05) is 0 Å². The van der Waals surface area contributed by atoms with Gasteiger partial charge >= 0.3 is 0 Å². The van der Waals surface area contributed by atoms with Crippen LogP contribution in [0.3, 0.4) is 0 Å². The molecule has 4 heteroatoms. The lowest BCUT2D eigenvalue weighted by Crippen LogP contribution is -1.97. The van der Waals surface area contributed by atoms with Gasteiger partial charge in [-0.25, -0.2) is 0 Å². The molecule has 0 saturated carbocycles. The van der Waals surface area contributed by atoms with Gasteiger partial charge in [0.25, 0.3) is 0 Å². The molecular formula is C29H74O4. The number of terminal acetylenes is 1. The normalized spacial score (nSPS) is 4.18. The number of rotatable bonds is 4. The van der Waals surface area contributed by atoms with Crippen molar-refractivity contribution < 1.29 is 19.2 Å². The zero-order chi connectivity index (χ0) is 17.8. The molecule has 0 aliphatic rings. The average Bonchev–Trinajstić information content (AvgIpc) is 2.27. The number of Topliss-reactive ketones (excluding diaryl/α,β-unsaturated/α-hetero) is 4. The van der Waals surface area contributed by atoms with E-state index in [1.54, 1.807) is 6.92 Å². The number of carbonyl (C=O) groups excluding carboxylic acids is 4. The molecule has 0 spiro atoms. The number of ketones is 4. The van der Waals surface area contributed by atoms with Crippen molar-refractivity contribution in [3.63, 3.8) is 0 Å². The molecule has 4 nitrogen and oxygen atoms in total. The smallest absolute Gasteiger partial charge is 0.137 e. The summed E-state index contributed by atoms with van der Waals surface area (Å²) in [5, 5.41) is 0. The van der Waals surface area contributed by atoms with Crippen LogP contribution in [0.2, 0.25) is 0 Å². The molecule has 0 radical (unpaired) electrons. The van der Waals surface area contributed by atoms with E-state index in [-0.39, 0.29) is 125 Å². The lowest BCUT2D eigenvalue weighted by atomic mass is 10.2.